The molecule has 0 rings (SSSR count). The molecule has 0 heterocycles. The first kappa shape index (κ1) is 56.5. The van der Waals surface area contributed by atoms with Gasteiger partial charge in [0.25, 0.3) is 0 Å². The van der Waals surface area contributed by atoms with Crippen LogP contribution in [0.4, 0.5) is 0 Å². The Bertz CT molecular complexity index is 179. The number of nitrogens with zero attached hydrogens (tertiary/aromatic N) is 4. The summed E-state index contributed by atoms with van der Waals surface area (Å²) < 4.78 is 0. The minimum absolute atomic E-state index is 0. The Balaban J connectivity index is -0.0000000186. The maximum Gasteiger partial charge on any atom is 2.00 e. The van der Waals surface area contributed by atoms with E-state index in [2.05, 4.69) is 21.3 Å². The molecule has 0 aliphatic rings. The predicted molar refractivity (Wildman–Crippen MR) is 102 cm³/mol. The fourth-order valence-electron chi connectivity index (χ4n) is 0.267. The monoisotopic (exact) mass is 582 g/mol. The molecule has 0 amide bonds. The molecule has 0 aromatic carbocycles. The molecule has 142 valence electrons. The fourth-order valence-corrected chi connectivity index (χ4v) is 0.267. The van der Waals surface area contributed by atoms with Crippen molar-refractivity contribution in [3.8, 4) is 0 Å². The summed E-state index contributed by atoms with van der Waals surface area (Å²) in [6.45, 7) is 0. The molecule has 6 nitrogen and oxygen atoms in total. The predicted octanol–water partition coefficient (Wildman–Crippen LogP) is -0.457. The van der Waals surface area contributed by atoms with Crippen molar-refractivity contribution in [1.82, 2.24) is 0 Å². The summed E-state index contributed by atoms with van der Waals surface area (Å²) in [5.74, 6) is 0. The van der Waals surface area contributed by atoms with Crippen molar-refractivity contribution in [2.75, 3.05) is 42.4 Å². The summed E-state index contributed by atoms with van der Waals surface area (Å²) in [5, 5.41) is 28.6. The summed E-state index contributed by atoms with van der Waals surface area (Å²) in [6, 6.07) is 0. The summed E-state index contributed by atoms with van der Waals surface area (Å²) in [6.07, 6.45) is 6.56. The molecular weight excluding hydrogens is 558 g/mol. The minimum Gasteiger partial charge on any atom is 1.00 e. The van der Waals surface area contributed by atoms with Crippen LogP contribution in [0.1, 0.15) is 7.43 Å². The minimum atomic E-state index is -3.29. The van der Waals surface area contributed by atoms with Crippen LogP contribution in [0.25, 0.3) is 21.3 Å². The van der Waals surface area contributed by atoms with Gasteiger partial charge < -0.3 is 31.5 Å². The third kappa shape index (κ3) is 215. The van der Waals surface area contributed by atoms with Gasteiger partial charge in [-0.2, -0.15) is 0 Å². The number of hydrogen-bond donors (Lipinski definition) is 2. The van der Waals surface area contributed by atoms with Crippen LogP contribution in [0.2, 0.25) is 0 Å². The van der Waals surface area contributed by atoms with Gasteiger partial charge in [0, 0.05) is 14.2 Å². The van der Waals surface area contributed by atoms with Gasteiger partial charge in [-0.25, -0.2) is 24.8 Å². The maximum absolute atomic E-state index is 7.00. The Kier molecular flexibility index (Phi) is 143. The summed E-state index contributed by atoms with van der Waals surface area (Å²) in [5.41, 5.74) is 0. The second-order valence-electron chi connectivity index (χ2n) is 2.06. The molecule has 0 fully saturated rings. The molecule has 0 unspecified atom stereocenters. The van der Waals surface area contributed by atoms with E-state index < -0.39 is 15.5 Å². The molecule has 25 heavy (non-hydrogen) atoms. The van der Waals surface area contributed by atoms with Gasteiger partial charge in [0.1, 0.15) is 0 Å². The average molecular weight is 587 g/mol. The van der Waals surface area contributed by atoms with Crippen LogP contribution in [-0.2, 0) is 41.7 Å². The fraction of sp³-hybridized carbons (Fsp3) is 0.636. The molecule has 0 aliphatic carbocycles. The van der Waals surface area contributed by atoms with E-state index in [4.69, 9.17) is 44.3 Å². The van der Waals surface area contributed by atoms with Crippen LogP contribution < -0.4 is 37.7 Å². The number of hydrogen-bond acceptors (Lipinski definition) is 2. The van der Waals surface area contributed by atoms with E-state index in [0.29, 0.717) is 0 Å². The van der Waals surface area contributed by atoms with Crippen molar-refractivity contribution in [3.63, 3.8) is 0 Å². The third-order valence-electron chi connectivity index (χ3n) is 0.730. The molecule has 2 N–H and O–H groups in total. The Labute approximate surface area is 216 Å². The first-order valence-corrected chi connectivity index (χ1v) is 17.8. The van der Waals surface area contributed by atoms with E-state index in [1.54, 1.807) is 53.0 Å². The molecular formula is C11H28Cl4Li2N4O2Zr2. The largest absolute Gasteiger partial charge is 2.00 e. The molecule has 0 atom stereocenters. The number of rotatable bonds is 4. The molecule has 0 bridgehead atoms. The van der Waals surface area contributed by atoms with Gasteiger partial charge in [0.05, 0.1) is 0 Å². The molecule has 0 radical (unpaired) electrons. The van der Waals surface area contributed by atoms with Crippen LogP contribution in [0.5, 0.6) is 0 Å². The van der Waals surface area contributed by atoms with Gasteiger partial charge in [-0.3, -0.25) is 0 Å². The Hall–Kier alpha value is 2.72. The number of aliphatic hydroxyl groups excluding tert-OH is 2. The second kappa shape index (κ2) is 63.2. The van der Waals surface area contributed by atoms with Gasteiger partial charge >= 0.3 is 113 Å². The zero-order valence-electron chi connectivity index (χ0n) is 15.5. The molecule has 0 aromatic rings. The van der Waals surface area contributed by atoms with E-state index in [0.717, 1.165) is 14.2 Å². The van der Waals surface area contributed by atoms with E-state index in [1.807, 2.05) is 0 Å². The van der Waals surface area contributed by atoms with Gasteiger partial charge in [-0.1, -0.05) is 7.43 Å². The van der Waals surface area contributed by atoms with Crippen LogP contribution in [0, 0.1) is 0 Å². The van der Waals surface area contributed by atoms with Crippen LogP contribution >= 0.6 is 34.1 Å². The second-order valence-corrected chi connectivity index (χ2v) is 24.4. The SMILES string of the molecule is C.CO.CO.C[N-]/C=C\[N-]C.C[N-]C=C[N-]C.[Cl][Zr]([Cl])([Cl])[Cl].[Li+].[Li+].[Zr+2]. The maximum atomic E-state index is 7.00. The van der Waals surface area contributed by atoms with Crippen molar-refractivity contribution in [2.24, 2.45) is 0 Å². The van der Waals surface area contributed by atoms with Gasteiger partial charge in [0.2, 0.25) is 0 Å². The van der Waals surface area contributed by atoms with E-state index in [1.165, 1.54) is 0 Å². The van der Waals surface area contributed by atoms with Gasteiger partial charge in [-0.15, -0.1) is 28.2 Å². The summed E-state index contributed by atoms with van der Waals surface area (Å²) in [7, 11) is 29.0. The molecule has 0 saturated heterocycles. The van der Waals surface area contributed by atoms with Crippen molar-refractivity contribution in [1.29, 1.82) is 0 Å². The van der Waals surface area contributed by atoms with Crippen LogP contribution in [-0.4, -0.2) is 52.6 Å². The normalized spacial score (nSPS) is 7.20. The molecule has 0 saturated carbocycles. The van der Waals surface area contributed by atoms with E-state index >= 15 is 0 Å². The van der Waals surface area contributed by atoms with Gasteiger partial charge in [-0.05, 0) is 0 Å². The Morgan fingerprint density at radius 2 is 0.680 bits per heavy atom. The van der Waals surface area contributed by atoms with E-state index in [9.17, 15) is 0 Å². The molecule has 0 spiro atoms. The zero-order valence-corrected chi connectivity index (χ0v) is 23.4. The van der Waals surface area contributed by atoms with Crippen molar-refractivity contribution in [3.05, 3.63) is 46.1 Å². The van der Waals surface area contributed by atoms with Crippen LogP contribution in [0.3, 0.4) is 0 Å². The van der Waals surface area contributed by atoms with Crippen LogP contribution in [0.15, 0.2) is 24.8 Å². The smallest absolute Gasteiger partial charge is 1.00 e. The Morgan fingerprint density at radius 1 is 0.600 bits per heavy atom. The topological polar surface area (TPSA) is 96.9 Å². The average Bonchev–Trinajstić information content (AvgIpc) is 2.46. The molecule has 0 aliphatic heterocycles. The van der Waals surface area contributed by atoms with E-state index in [-0.39, 0.29) is 71.4 Å². The summed E-state index contributed by atoms with van der Waals surface area (Å²) in [4.78, 5) is 0. The number of halogens is 4. The Morgan fingerprint density at radius 3 is 0.720 bits per heavy atom. The first-order valence-electron chi connectivity index (χ1n) is 5.14. The van der Waals surface area contributed by atoms with Crippen molar-refractivity contribution >= 4 is 34.1 Å². The quantitative estimate of drug-likeness (QED) is 0.437. The van der Waals surface area contributed by atoms with Crippen molar-refractivity contribution < 1.29 is 89.6 Å². The third-order valence-corrected chi connectivity index (χ3v) is 0.730. The standard InChI is InChI=1S/2C4H8N2.2CH4O.CH4.4ClH.2Li.2Zr/c2*1-5-3-4-6-2;2*1-2;;;;;;;;;/h2*3-4H,1-2H3;2*2H,1H3;1H4;4*1H;;;;/q2*-2;;;;;;;;2*+1;+2;+4/p-4/b4-3-;;;;;;;;;;;;. The summed E-state index contributed by atoms with van der Waals surface area (Å²) >= 11 is -3.29. The van der Waals surface area contributed by atoms with Crippen molar-refractivity contribution in [2.45, 2.75) is 7.43 Å². The molecule has 14 heteroatoms. The number of aliphatic hydroxyl groups is 2. The first-order chi connectivity index (χ1) is 9.83. The van der Waals surface area contributed by atoms with Gasteiger partial charge in [0.15, 0.2) is 0 Å². The zero-order chi connectivity index (χ0) is 18.2. The molecule has 0 aromatic heterocycles.